The second-order valence-corrected chi connectivity index (χ2v) is 5.89. The Morgan fingerprint density at radius 1 is 1.27 bits per heavy atom. The summed E-state index contributed by atoms with van der Waals surface area (Å²) in [6.45, 7) is 2.99. The molecule has 0 amide bonds. The topological polar surface area (TPSA) is 45.1 Å². The van der Waals surface area contributed by atoms with Crippen molar-refractivity contribution in [3.05, 3.63) is 40.9 Å². The molecular formula is C15H17F3N2OS. The average Bonchev–Trinajstić information content (AvgIpc) is 2.91. The van der Waals surface area contributed by atoms with Crippen molar-refractivity contribution in [2.75, 3.05) is 6.54 Å². The van der Waals surface area contributed by atoms with Crippen molar-refractivity contribution >= 4 is 11.3 Å². The molecule has 0 aliphatic heterocycles. The molecule has 1 atom stereocenters. The van der Waals surface area contributed by atoms with E-state index in [0.717, 1.165) is 17.8 Å². The summed E-state index contributed by atoms with van der Waals surface area (Å²) in [6, 6.07) is 5.01. The molecule has 0 fully saturated rings. The molecule has 22 heavy (non-hydrogen) atoms. The van der Waals surface area contributed by atoms with Crippen LogP contribution in [0.2, 0.25) is 0 Å². The van der Waals surface area contributed by atoms with Crippen molar-refractivity contribution < 1.29 is 18.3 Å². The van der Waals surface area contributed by atoms with Crippen LogP contribution < -0.4 is 5.32 Å². The highest BCUT2D eigenvalue weighted by atomic mass is 32.1. The molecule has 1 unspecified atom stereocenters. The van der Waals surface area contributed by atoms with Gasteiger partial charge in [0.1, 0.15) is 5.01 Å². The highest BCUT2D eigenvalue weighted by molar-refractivity contribution is 7.13. The molecule has 2 rings (SSSR count). The first kappa shape index (κ1) is 16.9. The van der Waals surface area contributed by atoms with Gasteiger partial charge in [-0.05, 0) is 32.0 Å². The normalized spacial score (nSPS) is 13.3. The lowest BCUT2D eigenvalue weighted by Crippen LogP contribution is -2.18. The van der Waals surface area contributed by atoms with Crippen LogP contribution in [0.25, 0.3) is 10.6 Å². The van der Waals surface area contributed by atoms with Crippen molar-refractivity contribution in [2.24, 2.45) is 0 Å². The number of alkyl halides is 3. The second-order valence-electron chi connectivity index (χ2n) is 5.03. The van der Waals surface area contributed by atoms with E-state index in [2.05, 4.69) is 10.3 Å². The minimum Gasteiger partial charge on any atom is -0.393 e. The molecule has 2 N–H and O–H groups in total. The number of benzene rings is 1. The van der Waals surface area contributed by atoms with Gasteiger partial charge in [-0.15, -0.1) is 11.3 Å². The molecule has 0 saturated heterocycles. The molecule has 0 spiro atoms. The average molecular weight is 330 g/mol. The Morgan fingerprint density at radius 3 is 2.55 bits per heavy atom. The third-order valence-electron chi connectivity index (χ3n) is 3.06. The van der Waals surface area contributed by atoms with E-state index < -0.39 is 11.7 Å². The highest BCUT2D eigenvalue weighted by Crippen LogP contribution is 2.31. The zero-order valence-electron chi connectivity index (χ0n) is 12.0. The molecule has 0 bridgehead atoms. The van der Waals surface area contributed by atoms with E-state index in [9.17, 15) is 13.2 Å². The molecule has 2 aromatic rings. The van der Waals surface area contributed by atoms with Crippen LogP contribution in [-0.4, -0.2) is 22.7 Å². The van der Waals surface area contributed by atoms with Crippen LogP contribution in [-0.2, 0) is 12.7 Å². The number of nitrogens with one attached hydrogen (secondary N) is 1. The predicted molar refractivity (Wildman–Crippen MR) is 80.6 cm³/mol. The van der Waals surface area contributed by atoms with Gasteiger partial charge in [0.2, 0.25) is 0 Å². The van der Waals surface area contributed by atoms with E-state index in [1.165, 1.54) is 23.5 Å². The number of aliphatic hydroxyl groups excluding tert-OH is 1. The van der Waals surface area contributed by atoms with Gasteiger partial charge in [-0.3, -0.25) is 0 Å². The molecule has 120 valence electrons. The Labute approximate surface area is 130 Å². The SMILES string of the molecule is CC(O)CCNCc1csc(-c2ccc(C(F)(F)F)cc2)n1. The number of thiazole rings is 1. The summed E-state index contributed by atoms with van der Waals surface area (Å²) in [4.78, 5) is 4.40. The lowest BCUT2D eigenvalue weighted by atomic mass is 10.1. The van der Waals surface area contributed by atoms with Gasteiger partial charge in [0.05, 0.1) is 17.4 Å². The number of aromatic nitrogens is 1. The Balaban J connectivity index is 1.96. The minimum atomic E-state index is -4.32. The van der Waals surface area contributed by atoms with E-state index in [0.29, 0.717) is 30.1 Å². The molecule has 0 aliphatic rings. The van der Waals surface area contributed by atoms with Crippen LogP contribution in [0.5, 0.6) is 0 Å². The Bertz CT molecular complexity index is 594. The van der Waals surface area contributed by atoms with Crippen molar-refractivity contribution in [2.45, 2.75) is 32.2 Å². The van der Waals surface area contributed by atoms with E-state index >= 15 is 0 Å². The van der Waals surface area contributed by atoms with Gasteiger partial charge in [0.15, 0.2) is 0 Å². The highest BCUT2D eigenvalue weighted by Gasteiger charge is 2.30. The number of hydrogen-bond acceptors (Lipinski definition) is 4. The number of halogens is 3. The van der Waals surface area contributed by atoms with Gasteiger partial charge in [-0.25, -0.2) is 4.98 Å². The summed E-state index contributed by atoms with van der Waals surface area (Å²) in [5.41, 5.74) is 0.853. The fourth-order valence-corrected chi connectivity index (χ4v) is 2.68. The minimum absolute atomic E-state index is 0.342. The summed E-state index contributed by atoms with van der Waals surface area (Å²) in [7, 11) is 0. The predicted octanol–water partition coefficient (Wildman–Crippen LogP) is 3.69. The second kappa shape index (κ2) is 7.21. The maximum absolute atomic E-state index is 12.5. The number of nitrogens with zero attached hydrogens (tertiary/aromatic N) is 1. The molecule has 3 nitrogen and oxygen atoms in total. The summed E-state index contributed by atoms with van der Waals surface area (Å²) >= 11 is 1.40. The van der Waals surface area contributed by atoms with E-state index in [1.807, 2.05) is 5.38 Å². The maximum atomic E-state index is 12.5. The van der Waals surface area contributed by atoms with Crippen molar-refractivity contribution in [1.82, 2.24) is 10.3 Å². The molecule has 1 heterocycles. The first-order valence-corrected chi connectivity index (χ1v) is 7.75. The van der Waals surface area contributed by atoms with Crippen LogP contribution in [0.3, 0.4) is 0 Å². The van der Waals surface area contributed by atoms with Crippen molar-refractivity contribution in [1.29, 1.82) is 0 Å². The zero-order chi connectivity index (χ0) is 16.2. The van der Waals surface area contributed by atoms with Crippen molar-refractivity contribution in [3.63, 3.8) is 0 Å². The largest absolute Gasteiger partial charge is 0.416 e. The number of hydrogen-bond donors (Lipinski definition) is 2. The van der Waals surface area contributed by atoms with Crippen LogP contribution in [0.4, 0.5) is 13.2 Å². The number of rotatable bonds is 6. The Hall–Kier alpha value is -1.44. The first-order valence-electron chi connectivity index (χ1n) is 6.87. The molecule has 0 saturated carbocycles. The summed E-state index contributed by atoms with van der Waals surface area (Å²) in [5.74, 6) is 0. The third-order valence-corrected chi connectivity index (χ3v) is 4.00. The lowest BCUT2D eigenvalue weighted by molar-refractivity contribution is -0.137. The molecule has 7 heteroatoms. The van der Waals surface area contributed by atoms with Gasteiger partial charge in [-0.2, -0.15) is 13.2 Å². The quantitative estimate of drug-likeness (QED) is 0.794. The van der Waals surface area contributed by atoms with E-state index in [-0.39, 0.29) is 6.10 Å². The summed E-state index contributed by atoms with van der Waals surface area (Å²) in [5, 5.41) is 14.9. The lowest BCUT2D eigenvalue weighted by Gasteiger charge is -2.06. The Kier molecular flexibility index (Phi) is 5.55. The molecule has 1 aromatic carbocycles. The van der Waals surface area contributed by atoms with E-state index in [4.69, 9.17) is 5.11 Å². The number of aliphatic hydroxyl groups is 1. The van der Waals surface area contributed by atoms with Crippen LogP contribution in [0, 0.1) is 0 Å². The molecule has 1 aromatic heterocycles. The maximum Gasteiger partial charge on any atom is 0.416 e. The van der Waals surface area contributed by atoms with Crippen LogP contribution in [0.15, 0.2) is 29.6 Å². The monoisotopic (exact) mass is 330 g/mol. The fraction of sp³-hybridized carbons (Fsp3) is 0.400. The zero-order valence-corrected chi connectivity index (χ0v) is 12.8. The Morgan fingerprint density at radius 2 is 1.95 bits per heavy atom. The summed E-state index contributed by atoms with van der Waals surface area (Å²) < 4.78 is 37.6. The molecule has 0 radical (unpaired) electrons. The van der Waals surface area contributed by atoms with E-state index in [1.54, 1.807) is 6.92 Å². The van der Waals surface area contributed by atoms with Gasteiger partial charge in [0, 0.05) is 17.5 Å². The summed E-state index contributed by atoms with van der Waals surface area (Å²) in [6.07, 6.45) is -4.00. The van der Waals surface area contributed by atoms with Crippen molar-refractivity contribution in [3.8, 4) is 10.6 Å². The van der Waals surface area contributed by atoms with Crippen LogP contribution in [0.1, 0.15) is 24.6 Å². The van der Waals surface area contributed by atoms with Gasteiger partial charge < -0.3 is 10.4 Å². The van der Waals surface area contributed by atoms with Gasteiger partial charge >= 0.3 is 6.18 Å². The standard InChI is InChI=1S/C15H17F3N2OS/c1-10(21)6-7-19-8-13-9-22-14(20-13)11-2-4-12(5-3-11)15(16,17)18/h2-5,9-10,19,21H,6-8H2,1H3. The van der Waals surface area contributed by atoms with Crippen LogP contribution >= 0.6 is 11.3 Å². The molecular weight excluding hydrogens is 313 g/mol. The smallest absolute Gasteiger partial charge is 0.393 e. The first-order chi connectivity index (χ1) is 10.4. The third kappa shape index (κ3) is 4.79. The van der Waals surface area contributed by atoms with Gasteiger partial charge in [-0.1, -0.05) is 12.1 Å². The fourth-order valence-electron chi connectivity index (χ4n) is 1.85. The van der Waals surface area contributed by atoms with Gasteiger partial charge in [0.25, 0.3) is 0 Å². The molecule has 0 aliphatic carbocycles.